The zero-order chi connectivity index (χ0) is 19.2. The first-order valence-corrected chi connectivity index (χ1v) is 9.71. The van der Waals surface area contributed by atoms with Crippen molar-refractivity contribution in [3.05, 3.63) is 58.9 Å². The summed E-state index contributed by atoms with van der Waals surface area (Å²) in [5.41, 5.74) is 1.16. The second kappa shape index (κ2) is 8.73. The van der Waals surface area contributed by atoms with Gasteiger partial charge in [0.15, 0.2) is 5.16 Å². The SMILES string of the molecule is CCOc1ccccc1-n1c(SCCNC(C)=O)nc2ccccc2c1=O. The zero-order valence-electron chi connectivity index (χ0n) is 15.3. The quantitative estimate of drug-likeness (QED) is 0.386. The molecule has 0 unspecified atom stereocenters. The molecule has 3 rings (SSSR count). The molecule has 0 atom stereocenters. The van der Waals surface area contributed by atoms with Crippen molar-refractivity contribution < 1.29 is 9.53 Å². The molecule has 0 bridgehead atoms. The Morgan fingerprint density at radius 2 is 1.93 bits per heavy atom. The van der Waals surface area contributed by atoms with Gasteiger partial charge in [0.05, 0.1) is 23.2 Å². The van der Waals surface area contributed by atoms with Gasteiger partial charge in [-0.1, -0.05) is 36.0 Å². The topological polar surface area (TPSA) is 73.2 Å². The Morgan fingerprint density at radius 1 is 1.19 bits per heavy atom. The fourth-order valence-electron chi connectivity index (χ4n) is 2.71. The largest absolute Gasteiger partial charge is 0.492 e. The number of rotatable bonds is 7. The number of aromatic nitrogens is 2. The van der Waals surface area contributed by atoms with Gasteiger partial charge in [-0.3, -0.25) is 14.2 Å². The van der Waals surface area contributed by atoms with Crippen LogP contribution in [0.5, 0.6) is 5.75 Å². The summed E-state index contributed by atoms with van der Waals surface area (Å²) in [6.07, 6.45) is 0. The van der Waals surface area contributed by atoms with E-state index in [0.29, 0.717) is 46.4 Å². The molecule has 0 aliphatic rings. The second-order valence-corrected chi connectivity index (χ2v) is 6.85. The molecule has 0 saturated heterocycles. The molecule has 0 fully saturated rings. The van der Waals surface area contributed by atoms with Crippen LogP contribution in [0.15, 0.2) is 58.5 Å². The molecule has 0 aliphatic carbocycles. The van der Waals surface area contributed by atoms with Gasteiger partial charge in [0, 0.05) is 19.2 Å². The Kier molecular flexibility index (Phi) is 6.13. The van der Waals surface area contributed by atoms with E-state index in [1.807, 2.05) is 49.4 Å². The van der Waals surface area contributed by atoms with Crippen molar-refractivity contribution in [2.75, 3.05) is 18.9 Å². The summed E-state index contributed by atoms with van der Waals surface area (Å²) in [5.74, 6) is 1.14. The van der Waals surface area contributed by atoms with Gasteiger partial charge in [-0.15, -0.1) is 0 Å². The van der Waals surface area contributed by atoms with E-state index in [0.717, 1.165) is 0 Å². The van der Waals surface area contributed by atoms with Crippen LogP contribution >= 0.6 is 11.8 Å². The van der Waals surface area contributed by atoms with E-state index in [9.17, 15) is 9.59 Å². The highest BCUT2D eigenvalue weighted by Crippen LogP contribution is 2.27. The molecule has 2 aromatic carbocycles. The average molecular weight is 383 g/mol. The molecule has 1 heterocycles. The molecule has 3 aromatic rings. The Morgan fingerprint density at radius 3 is 2.70 bits per heavy atom. The molecule has 0 saturated carbocycles. The van der Waals surface area contributed by atoms with Crippen molar-refractivity contribution in [1.29, 1.82) is 0 Å². The van der Waals surface area contributed by atoms with E-state index in [2.05, 4.69) is 10.3 Å². The van der Waals surface area contributed by atoms with Crippen molar-refractivity contribution in [3.8, 4) is 11.4 Å². The lowest BCUT2D eigenvalue weighted by Crippen LogP contribution is -2.24. The first-order valence-electron chi connectivity index (χ1n) is 8.73. The molecule has 0 spiro atoms. The van der Waals surface area contributed by atoms with Gasteiger partial charge in [0.1, 0.15) is 5.75 Å². The second-order valence-electron chi connectivity index (χ2n) is 5.78. The summed E-state index contributed by atoms with van der Waals surface area (Å²) in [6.45, 7) is 4.38. The monoisotopic (exact) mass is 383 g/mol. The van der Waals surface area contributed by atoms with Crippen molar-refractivity contribution in [2.24, 2.45) is 0 Å². The van der Waals surface area contributed by atoms with Crippen LogP contribution in [0, 0.1) is 0 Å². The lowest BCUT2D eigenvalue weighted by molar-refractivity contribution is -0.118. The molecule has 140 valence electrons. The van der Waals surface area contributed by atoms with E-state index < -0.39 is 0 Å². The van der Waals surface area contributed by atoms with Crippen LogP contribution in [-0.4, -0.2) is 34.4 Å². The number of amides is 1. The van der Waals surface area contributed by atoms with Crippen LogP contribution in [-0.2, 0) is 4.79 Å². The molecule has 0 aliphatic heterocycles. The molecule has 27 heavy (non-hydrogen) atoms. The van der Waals surface area contributed by atoms with Crippen LogP contribution < -0.4 is 15.6 Å². The molecule has 6 nitrogen and oxygen atoms in total. The Hall–Kier alpha value is -2.80. The fourth-order valence-corrected chi connectivity index (χ4v) is 3.57. The number of hydrogen-bond donors (Lipinski definition) is 1. The third-order valence-electron chi connectivity index (χ3n) is 3.86. The molecule has 1 aromatic heterocycles. The van der Waals surface area contributed by atoms with Crippen molar-refractivity contribution in [2.45, 2.75) is 19.0 Å². The van der Waals surface area contributed by atoms with E-state index in [1.54, 1.807) is 10.6 Å². The smallest absolute Gasteiger partial charge is 0.266 e. The van der Waals surface area contributed by atoms with E-state index in [1.165, 1.54) is 18.7 Å². The molecule has 1 N–H and O–H groups in total. The molecule has 0 radical (unpaired) electrons. The maximum Gasteiger partial charge on any atom is 0.266 e. The molecule has 1 amide bonds. The lowest BCUT2D eigenvalue weighted by atomic mass is 10.2. The number of nitrogens with zero attached hydrogens (tertiary/aromatic N) is 2. The van der Waals surface area contributed by atoms with E-state index in [4.69, 9.17) is 4.74 Å². The van der Waals surface area contributed by atoms with Crippen LogP contribution in [0.3, 0.4) is 0 Å². The fraction of sp³-hybridized carbons (Fsp3) is 0.250. The highest BCUT2D eigenvalue weighted by atomic mass is 32.2. The predicted octanol–water partition coefficient (Wildman–Crippen LogP) is 3.01. The number of ether oxygens (including phenoxy) is 1. The van der Waals surface area contributed by atoms with Gasteiger partial charge in [-0.2, -0.15) is 0 Å². The van der Waals surface area contributed by atoms with Gasteiger partial charge in [-0.25, -0.2) is 4.98 Å². The lowest BCUT2D eigenvalue weighted by Gasteiger charge is -2.16. The third-order valence-corrected chi connectivity index (χ3v) is 4.80. The first-order chi connectivity index (χ1) is 13.1. The summed E-state index contributed by atoms with van der Waals surface area (Å²) in [5, 5.41) is 3.88. The highest BCUT2D eigenvalue weighted by Gasteiger charge is 2.16. The third kappa shape index (κ3) is 4.31. The van der Waals surface area contributed by atoms with Gasteiger partial charge in [0.25, 0.3) is 5.56 Å². The Labute approximate surface area is 161 Å². The summed E-state index contributed by atoms with van der Waals surface area (Å²) in [6, 6.07) is 14.7. The number of carbonyl (C=O) groups excluding carboxylic acids is 1. The number of benzene rings is 2. The maximum absolute atomic E-state index is 13.2. The van der Waals surface area contributed by atoms with Crippen molar-refractivity contribution >= 4 is 28.6 Å². The van der Waals surface area contributed by atoms with Crippen LogP contribution in [0.1, 0.15) is 13.8 Å². The minimum Gasteiger partial charge on any atom is -0.492 e. The number of fused-ring (bicyclic) bond motifs is 1. The van der Waals surface area contributed by atoms with Crippen LogP contribution in [0.25, 0.3) is 16.6 Å². The van der Waals surface area contributed by atoms with Crippen LogP contribution in [0.4, 0.5) is 0 Å². The summed E-state index contributed by atoms with van der Waals surface area (Å²) >= 11 is 1.42. The highest BCUT2D eigenvalue weighted by molar-refractivity contribution is 7.99. The van der Waals surface area contributed by atoms with Gasteiger partial charge < -0.3 is 10.1 Å². The average Bonchev–Trinajstić information content (AvgIpc) is 2.66. The standard InChI is InChI=1S/C20H21N3O3S/c1-3-26-18-11-7-6-10-17(18)23-19(25)15-8-4-5-9-16(15)22-20(23)27-13-12-21-14(2)24/h4-11H,3,12-13H2,1-2H3,(H,21,24). The normalized spacial score (nSPS) is 10.7. The van der Waals surface area contributed by atoms with E-state index in [-0.39, 0.29) is 11.5 Å². The van der Waals surface area contributed by atoms with Gasteiger partial charge >= 0.3 is 0 Å². The van der Waals surface area contributed by atoms with Gasteiger partial charge in [0.2, 0.25) is 5.91 Å². The number of nitrogens with one attached hydrogen (secondary N) is 1. The minimum atomic E-state index is -0.144. The number of thioether (sulfide) groups is 1. The summed E-state index contributed by atoms with van der Waals surface area (Å²) in [7, 11) is 0. The number of hydrogen-bond acceptors (Lipinski definition) is 5. The van der Waals surface area contributed by atoms with Crippen LogP contribution in [0.2, 0.25) is 0 Å². The number of carbonyl (C=O) groups is 1. The van der Waals surface area contributed by atoms with Crippen molar-refractivity contribution in [3.63, 3.8) is 0 Å². The summed E-state index contributed by atoms with van der Waals surface area (Å²) in [4.78, 5) is 29.0. The van der Waals surface area contributed by atoms with Gasteiger partial charge in [-0.05, 0) is 31.2 Å². The van der Waals surface area contributed by atoms with Crippen molar-refractivity contribution in [1.82, 2.24) is 14.9 Å². The first kappa shape index (κ1) is 19.0. The number of para-hydroxylation sites is 3. The zero-order valence-corrected chi connectivity index (χ0v) is 16.1. The summed E-state index contributed by atoms with van der Waals surface area (Å²) < 4.78 is 7.31. The molecular formula is C20H21N3O3S. The minimum absolute atomic E-state index is 0.0823. The predicted molar refractivity (Wildman–Crippen MR) is 108 cm³/mol. The van der Waals surface area contributed by atoms with E-state index >= 15 is 0 Å². The Bertz CT molecular complexity index is 1020. The molecular weight excluding hydrogens is 362 g/mol. The maximum atomic E-state index is 13.2. The molecule has 7 heteroatoms. The Balaban J connectivity index is 2.11.